The molecule has 1 aromatic carbocycles. The summed E-state index contributed by atoms with van der Waals surface area (Å²) in [5.74, 6) is -0.118. The summed E-state index contributed by atoms with van der Waals surface area (Å²) in [6.45, 7) is 2.69. The van der Waals surface area contributed by atoms with Gasteiger partial charge in [0.25, 0.3) is 0 Å². The van der Waals surface area contributed by atoms with Gasteiger partial charge in [-0.2, -0.15) is 0 Å². The molecule has 2 N–H and O–H groups in total. The van der Waals surface area contributed by atoms with E-state index < -0.39 is 18.2 Å². The number of hydrogen-bond acceptors (Lipinski definition) is 5. The van der Waals surface area contributed by atoms with Gasteiger partial charge in [-0.1, -0.05) is 11.6 Å². The summed E-state index contributed by atoms with van der Waals surface area (Å²) < 4.78 is 0. The first-order chi connectivity index (χ1) is 14.5. The quantitative estimate of drug-likeness (QED) is 0.779. The van der Waals surface area contributed by atoms with Crippen LogP contribution in [0.2, 0.25) is 5.02 Å². The summed E-state index contributed by atoms with van der Waals surface area (Å²) in [4.78, 5) is 35.4. The molecule has 0 aliphatic carbocycles. The van der Waals surface area contributed by atoms with E-state index in [4.69, 9.17) is 11.6 Å². The van der Waals surface area contributed by atoms with Crippen molar-refractivity contribution in [1.29, 1.82) is 0 Å². The zero-order chi connectivity index (χ0) is 21.1. The first-order valence-corrected chi connectivity index (χ1v) is 10.3. The van der Waals surface area contributed by atoms with E-state index in [-0.39, 0.29) is 18.9 Å². The number of nitrogens with zero attached hydrogens (tertiary/aromatic N) is 4. The molecule has 1 aromatic heterocycles. The number of halogens is 1. The third-order valence-electron chi connectivity index (χ3n) is 5.54. The third-order valence-corrected chi connectivity index (χ3v) is 5.79. The Balaban J connectivity index is 1.38. The number of carbonyl (C=O) groups is 2. The lowest BCUT2D eigenvalue weighted by molar-refractivity contribution is -0.135. The number of carbonyl (C=O) groups excluding carboxylic acids is 2. The zero-order valence-corrected chi connectivity index (χ0v) is 17.2. The van der Waals surface area contributed by atoms with Gasteiger partial charge >= 0.3 is 6.03 Å². The molecule has 0 bridgehead atoms. The second kappa shape index (κ2) is 8.89. The van der Waals surface area contributed by atoms with Crippen molar-refractivity contribution in [2.24, 2.45) is 0 Å². The van der Waals surface area contributed by atoms with Crippen LogP contribution in [0.4, 0.5) is 16.2 Å². The number of anilines is 2. The van der Waals surface area contributed by atoms with E-state index in [0.29, 0.717) is 36.9 Å². The molecule has 1 unspecified atom stereocenters. The summed E-state index contributed by atoms with van der Waals surface area (Å²) in [5, 5.41) is 13.5. The summed E-state index contributed by atoms with van der Waals surface area (Å²) in [7, 11) is 0. The smallest absolute Gasteiger partial charge is 0.322 e. The second-order valence-electron chi connectivity index (χ2n) is 7.51. The summed E-state index contributed by atoms with van der Waals surface area (Å²) in [6.07, 6.45) is 3.04. The highest BCUT2D eigenvalue weighted by Gasteiger charge is 2.41. The number of β-amino-alcohol motifs (C(OH)–C–C–N with tert-alkyl or cyclic N) is 1. The molecule has 9 heteroatoms. The van der Waals surface area contributed by atoms with E-state index in [1.807, 2.05) is 12.1 Å². The number of urea groups is 1. The van der Waals surface area contributed by atoms with E-state index in [1.165, 1.54) is 4.90 Å². The number of rotatable bonds is 3. The SMILES string of the molecule is O=C(C1C[C@@H](O)CN1C(=O)Nc1ccc(Cl)cc1)N1CCN(c2ccncc2)CC1. The first kappa shape index (κ1) is 20.4. The van der Waals surface area contributed by atoms with Crippen LogP contribution in [-0.2, 0) is 4.79 Å². The Morgan fingerprint density at radius 1 is 1.03 bits per heavy atom. The Bertz CT molecular complexity index is 887. The Hall–Kier alpha value is -2.84. The Kier molecular flexibility index (Phi) is 6.06. The molecule has 0 saturated carbocycles. The van der Waals surface area contributed by atoms with Crippen LogP contribution >= 0.6 is 11.6 Å². The highest BCUT2D eigenvalue weighted by atomic mass is 35.5. The number of pyridine rings is 1. The normalized spacial score (nSPS) is 21.6. The fraction of sp³-hybridized carbons (Fsp3) is 0.381. The predicted molar refractivity (Wildman–Crippen MR) is 115 cm³/mol. The lowest BCUT2D eigenvalue weighted by Crippen LogP contribution is -2.55. The van der Waals surface area contributed by atoms with Gasteiger partial charge < -0.3 is 25.1 Å². The van der Waals surface area contributed by atoms with Gasteiger partial charge in [0.1, 0.15) is 6.04 Å². The van der Waals surface area contributed by atoms with Crippen LogP contribution in [0.15, 0.2) is 48.8 Å². The molecular formula is C21H24ClN5O3. The van der Waals surface area contributed by atoms with E-state index in [2.05, 4.69) is 15.2 Å². The van der Waals surface area contributed by atoms with E-state index in [1.54, 1.807) is 41.6 Å². The molecule has 8 nitrogen and oxygen atoms in total. The minimum atomic E-state index is -0.715. The van der Waals surface area contributed by atoms with Crippen LogP contribution in [0.5, 0.6) is 0 Å². The summed E-state index contributed by atoms with van der Waals surface area (Å²) >= 11 is 5.88. The number of benzene rings is 1. The van der Waals surface area contributed by atoms with Crippen LogP contribution in [0.3, 0.4) is 0 Å². The van der Waals surface area contributed by atoms with Gasteiger partial charge in [-0.05, 0) is 36.4 Å². The molecule has 0 radical (unpaired) electrons. The number of aromatic nitrogens is 1. The van der Waals surface area contributed by atoms with Gasteiger partial charge in [-0.25, -0.2) is 4.79 Å². The van der Waals surface area contributed by atoms with Gasteiger partial charge in [-0.15, -0.1) is 0 Å². The van der Waals surface area contributed by atoms with Crippen molar-refractivity contribution in [3.8, 4) is 0 Å². The molecule has 3 amide bonds. The zero-order valence-electron chi connectivity index (χ0n) is 16.4. The minimum Gasteiger partial charge on any atom is -0.391 e. The van der Waals surface area contributed by atoms with Crippen molar-refractivity contribution in [2.75, 3.05) is 42.9 Å². The molecular weight excluding hydrogens is 406 g/mol. The number of nitrogens with one attached hydrogen (secondary N) is 1. The Morgan fingerprint density at radius 3 is 2.37 bits per heavy atom. The topological polar surface area (TPSA) is 89.0 Å². The van der Waals surface area contributed by atoms with Gasteiger partial charge in [0.15, 0.2) is 0 Å². The number of piperazine rings is 1. The van der Waals surface area contributed by atoms with Crippen molar-refractivity contribution in [1.82, 2.24) is 14.8 Å². The first-order valence-electron chi connectivity index (χ1n) is 9.96. The molecule has 2 aliphatic rings. The molecule has 30 heavy (non-hydrogen) atoms. The number of amides is 3. The highest BCUT2D eigenvalue weighted by molar-refractivity contribution is 6.30. The molecule has 2 saturated heterocycles. The maximum absolute atomic E-state index is 13.1. The number of likely N-dealkylation sites (tertiary alicyclic amines) is 1. The van der Waals surface area contributed by atoms with Crippen molar-refractivity contribution in [3.05, 3.63) is 53.8 Å². The average Bonchev–Trinajstić information content (AvgIpc) is 3.17. The predicted octanol–water partition coefficient (Wildman–Crippen LogP) is 2.05. The average molecular weight is 430 g/mol. The summed E-state index contributed by atoms with van der Waals surface area (Å²) in [5.41, 5.74) is 1.67. The number of hydrogen-bond donors (Lipinski definition) is 2. The van der Waals surface area contributed by atoms with Crippen LogP contribution in [0, 0.1) is 0 Å². The monoisotopic (exact) mass is 429 g/mol. The number of aliphatic hydroxyl groups is 1. The fourth-order valence-electron chi connectivity index (χ4n) is 3.95. The highest BCUT2D eigenvalue weighted by Crippen LogP contribution is 2.23. The minimum absolute atomic E-state index is 0.118. The lowest BCUT2D eigenvalue weighted by atomic mass is 10.1. The molecule has 2 fully saturated rings. The fourth-order valence-corrected chi connectivity index (χ4v) is 4.08. The van der Waals surface area contributed by atoms with Gasteiger partial charge in [-0.3, -0.25) is 9.78 Å². The molecule has 2 aromatic rings. The number of aliphatic hydroxyl groups excluding tert-OH is 1. The lowest BCUT2D eigenvalue weighted by Gasteiger charge is -2.38. The van der Waals surface area contributed by atoms with Crippen molar-refractivity contribution < 1.29 is 14.7 Å². The van der Waals surface area contributed by atoms with Crippen LogP contribution in [0.1, 0.15) is 6.42 Å². The molecule has 2 atom stereocenters. The second-order valence-corrected chi connectivity index (χ2v) is 7.95. The molecule has 158 valence electrons. The van der Waals surface area contributed by atoms with Crippen LogP contribution < -0.4 is 10.2 Å². The maximum atomic E-state index is 13.1. The molecule has 0 spiro atoms. The third kappa shape index (κ3) is 4.49. The molecule has 4 rings (SSSR count). The van der Waals surface area contributed by atoms with E-state index in [9.17, 15) is 14.7 Å². The van der Waals surface area contributed by atoms with Gasteiger partial charge in [0, 0.05) is 67.9 Å². The van der Waals surface area contributed by atoms with Crippen LogP contribution in [-0.4, -0.2) is 76.7 Å². The van der Waals surface area contributed by atoms with E-state index in [0.717, 1.165) is 5.69 Å². The Labute approximate surface area is 180 Å². The standard InChI is InChI=1S/C21H24ClN5O3/c22-15-1-3-16(4-2-15)24-21(30)27-14-18(28)13-19(27)20(29)26-11-9-25(10-12-26)17-5-7-23-8-6-17/h1-8,18-19,28H,9-14H2,(H,24,30)/t18-,19?/m1/s1. The Morgan fingerprint density at radius 2 is 1.70 bits per heavy atom. The van der Waals surface area contributed by atoms with Gasteiger partial charge in [0.2, 0.25) is 5.91 Å². The van der Waals surface area contributed by atoms with Crippen molar-refractivity contribution in [3.63, 3.8) is 0 Å². The maximum Gasteiger partial charge on any atom is 0.322 e. The van der Waals surface area contributed by atoms with Gasteiger partial charge in [0.05, 0.1) is 6.10 Å². The largest absolute Gasteiger partial charge is 0.391 e. The van der Waals surface area contributed by atoms with E-state index >= 15 is 0 Å². The molecule has 3 heterocycles. The molecule has 2 aliphatic heterocycles. The van der Waals surface area contributed by atoms with Crippen molar-refractivity contribution in [2.45, 2.75) is 18.6 Å². The van der Waals surface area contributed by atoms with Crippen LogP contribution in [0.25, 0.3) is 0 Å². The van der Waals surface area contributed by atoms with Crippen molar-refractivity contribution >= 4 is 34.9 Å². The summed E-state index contributed by atoms with van der Waals surface area (Å²) in [6, 6.07) is 9.59.